The van der Waals surface area contributed by atoms with Crippen molar-refractivity contribution in [1.29, 1.82) is 0 Å². The molecule has 10 heteroatoms. The predicted molar refractivity (Wildman–Crippen MR) is 155 cm³/mol. The molecule has 3 aromatic carbocycles. The maximum atomic E-state index is 14.0. The Hall–Kier alpha value is -3.24. The van der Waals surface area contributed by atoms with Crippen molar-refractivity contribution in [2.24, 2.45) is 0 Å². The van der Waals surface area contributed by atoms with Crippen LogP contribution in [0.2, 0.25) is 0 Å². The van der Waals surface area contributed by atoms with Crippen LogP contribution < -0.4 is 9.62 Å². The number of rotatable bonds is 12. The molecule has 208 valence electrons. The standard InChI is InChI=1S/C29H33BrFN3O4S/c1-4-21(2)32-29(36)27(18-22-10-6-5-7-11-22)33(19-23-14-16-24(31)17-15-23)28(35)20-34(39(3,37)38)26-13-9-8-12-25(26)30/h5-17,21,27H,4,18-20H2,1-3H3,(H,32,36)/t21-,27-/m1/s1. The van der Waals surface area contributed by atoms with Gasteiger partial charge in [0.1, 0.15) is 18.4 Å². The number of para-hydroxylation sites is 1. The topological polar surface area (TPSA) is 86.8 Å². The maximum absolute atomic E-state index is 14.0. The molecule has 0 saturated carbocycles. The zero-order chi connectivity index (χ0) is 28.6. The molecular weight excluding hydrogens is 585 g/mol. The lowest BCUT2D eigenvalue weighted by molar-refractivity contribution is -0.140. The van der Waals surface area contributed by atoms with Crippen molar-refractivity contribution in [2.45, 2.75) is 45.3 Å². The summed E-state index contributed by atoms with van der Waals surface area (Å²) >= 11 is 3.38. The van der Waals surface area contributed by atoms with Crippen molar-refractivity contribution < 1.29 is 22.4 Å². The number of benzene rings is 3. The Morgan fingerprint density at radius 1 is 0.949 bits per heavy atom. The zero-order valence-corrected chi connectivity index (χ0v) is 24.6. The number of sulfonamides is 1. The Morgan fingerprint density at radius 3 is 2.15 bits per heavy atom. The van der Waals surface area contributed by atoms with Crippen LogP contribution in [0.3, 0.4) is 0 Å². The summed E-state index contributed by atoms with van der Waals surface area (Å²) in [5.41, 5.74) is 1.74. The average Bonchev–Trinajstić information content (AvgIpc) is 2.90. The highest BCUT2D eigenvalue weighted by Gasteiger charge is 2.33. The molecule has 0 radical (unpaired) electrons. The van der Waals surface area contributed by atoms with Crippen LogP contribution in [0.1, 0.15) is 31.4 Å². The fraction of sp³-hybridized carbons (Fsp3) is 0.310. The summed E-state index contributed by atoms with van der Waals surface area (Å²) in [5, 5.41) is 2.97. The number of nitrogens with zero attached hydrogens (tertiary/aromatic N) is 2. The summed E-state index contributed by atoms with van der Waals surface area (Å²) < 4.78 is 40.8. The minimum atomic E-state index is -3.87. The van der Waals surface area contributed by atoms with Crippen molar-refractivity contribution >= 4 is 43.5 Å². The Balaban J connectivity index is 2.06. The van der Waals surface area contributed by atoms with Crippen LogP contribution in [0.4, 0.5) is 10.1 Å². The van der Waals surface area contributed by atoms with Gasteiger partial charge in [-0.25, -0.2) is 12.8 Å². The van der Waals surface area contributed by atoms with Crippen LogP contribution in [0, 0.1) is 5.82 Å². The average molecular weight is 619 g/mol. The number of carbonyl (C=O) groups is 2. The van der Waals surface area contributed by atoms with E-state index in [9.17, 15) is 22.4 Å². The van der Waals surface area contributed by atoms with Crippen molar-refractivity contribution in [1.82, 2.24) is 10.2 Å². The summed E-state index contributed by atoms with van der Waals surface area (Å²) in [6, 6.07) is 20.6. The number of hydrogen-bond donors (Lipinski definition) is 1. The zero-order valence-electron chi connectivity index (χ0n) is 22.2. The Kier molecular flexibility index (Phi) is 10.7. The summed E-state index contributed by atoms with van der Waals surface area (Å²) in [6.45, 7) is 3.28. The molecule has 0 aliphatic heterocycles. The van der Waals surface area contributed by atoms with E-state index in [2.05, 4.69) is 21.2 Å². The van der Waals surface area contributed by atoms with Gasteiger partial charge in [0.2, 0.25) is 21.8 Å². The van der Waals surface area contributed by atoms with Gasteiger partial charge >= 0.3 is 0 Å². The smallest absolute Gasteiger partial charge is 0.244 e. The van der Waals surface area contributed by atoms with E-state index in [1.165, 1.54) is 17.0 Å². The van der Waals surface area contributed by atoms with E-state index in [1.807, 2.05) is 44.2 Å². The van der Waals surface area contributed by atoms with E-state index >= 15 is 0 Å². The molecule has 7 nitrogen and oxygen atoms in total. The third-order valence-corrected chi connectivity index (χ3v) is 8.14. The van der Waals surface area contributed by atoms with E-state index in [-0.39, 0.29) is 24.9 Å². The summed E-state index contributed by atoms with van der Waals surface area (Å²) in [6.07, 6.45) is 1.94. The minimum absolute atomic E-state index is 0.0158. The second-order valence-corrected chi connectivity index (χ2v) is 12.2. The lowest BCUT2D eigenvalue weighted by atomic mass is 10.0. The Morgan fingerprint density at radius 2 is 1.56 bits per heavy atom. The van der Waals surface area contributed by atoms with Gasteiger partial charge in [-0.3, -0.25) is 13.9 Å². The van der Waals surface area contributed by atoms with Gasteiger partial charge in [-0.1, -0.05) is 61.5 Å². The van der Waals surface area contributed by atoms with E-state index in [0.29, 0.717) is 22.1 Å². The van der Waals surface area contributed by atoms with E-state index in [0.717, 1.165) is 16.1 Å². The van der Waals surface area contributed by atoms with Crippen molar-refractivity contribution in [3.05, 3.63) is 100 Å². The van der Waals surface area contributed by atoms with Crippen LogP contribution in [0.25, 0.3) is 0 Å². The van der Waals surface area contributed by atoms with Crippen LogP contribution in [0.15, 0.2) is 83.3 Å². The molecule has 2 amide bonds. The molecule has 0 spiro atoms. The first-order chi connectivity index (χ1) is 18.5. The Labute approximate surface area is 238 Å². The molecule has 0 aromatic heterocycles. The van der Waals surface area contributed by atoms with Crippen LogP contribution in [-0.4, -0.2) is 50.0 Å². The third kappa shape index (κ3) is 8.63. The third-order valence-electron chi connectivity index (χ3n) is 6.34. The normalized spacial score (nSPS) is 12.8. The van der Waals surface area contributed by atoms with Crippen LogP contribution in [0.5, 0.6) is 0 Å². The molecule has 0 saturated heterocycles. The van der Waals surface area contributed by atoms with Crippen molar-refractivity contribution in [2.75, 3.05) is 17.1 Å². The molecule has 3 aromatic rings. The van der Waals surface area contributed by atoms with Gasteiger partial charge < -0.3 is 10.2 Å². The fourth-order valence-electron chi connectivity index (χ4n) is 4.03. The van der Waals surface area contributed by atoms with E-state index in [4.69, 9.17) is 0 Å². The highest BCUT2D eigenvalue weighted by Crippen LogP contribution is 2.28. The molecule has 2 atom stereocenters. The van der Waals surface area contributed by atoms with Gasteiger partial charge in [-0.15, -0.1) is 0 Å². The molecule has 0 fully saturated rings. The Bertz CT molecular complexity index is 1370. The van der Waals surface area contributed by atoms with Crippen molar-refractivity contribution in [3.63, 3.8) is 0 Å². The van der Waals surface area contributed by atoms with Gasteiger partial charge in [0, 0.05) is 23.5 Å². The molecule has 0 aliphatic rings. The molecule has 0 unspecified atom stereocenters. The second-order valence-electron chi connectivity index (χ2n) is 9.39. The van der Waals surface area contributed by atoms with Gasteiger partial charge in [0.05, 0.1) is 11.9 Å². The predicted octanol–water partition coefficient (Wildman–Crippen LogP) is 4.91. The number of hydrogen-bond acceptors (Lipinski definition) is 4. The molecule has 1 N–H and O–H groups in total. The minimum Gasteiger partial charge on any atom is -0.352 e. The number of halogens is 2. The van der Waals surface area contributed by atoms with E-state index in [1.54, 1.807) is 36.4 Å². The lowest BCUT2D eigenvalue weighted by Gasteiger charge is -2.34. The van der Waals surface area contributed by atoms with Crippen LogP contribution >= 0.6 is 15.9 Å². The lowest BCUT2D eigenvalue weighted by Crippen LogP contribution is -2.54. The highest BCUT2D eigenvalue weighted by molar-refractivity contribution is 9.10. The first-order valence-corrected chi connectivity index (χ1v) is 15.2. The van der Waals surface area contributed by atoms with Crippen molar-refractivity contribution in [3.8, 4) is 0 Å². The largest absolute Gasteiger partial charge is 0.352 e. The molecule has 3 rings (SSSR count). The van der Waals surface area contributed by atoms with Gasteiger partial charge in [0.15, 0.2) is 0 Å². The molecular formula is C29H33BrFN3O4S. The molecule has 0 bridgehead atoms. The molecule has 0 heterocycles. The quantitative estimate of drug-likeness (QED) is 0.313. The van der Waals surface area contributed by atoms with Gasteiger partial charge in [-0.05, 0) is 64.7 Å². The SMILES string of the molecule is CC[C@@H](C)NC(=O)[C@@H](Cc1ccccc1)N(Cc1ccc(F)cc1)C(=O)CN(c1ccccc1Br)S(C)(=O)=O. The fourth-order valence-corrected chi connectivity index (χ4v) is 5.51. The monoisotopic (exact) mass is 617 g/mol. The second kappa shape index (κ2) is 13.7. The number of anilines is 1. The summed E-state index contributed by atoms with van der Waals surface area (Å²) in [5.74, 6) is -1.35. The van der Waals surface area contributed by atoms with Gasteiger partial charge in [0.25, 0.3) is 0 Å². The first-order valence-electron chi connectivity index (χ1n) is 12.6. The van der Waals surface area contributed by atoms with E-state index < -0.39 is 34.3 Å². The highest BCUT2D eigenvalue weighted by atomic mass is 79.9. The molecule has 39 heavy (non-hydrogen) atoms. The summed E-state index contributed by atoms with van der Waals surface area (Å²) in [7, 11) is -3.87. The van der Waals surface area contributed by atoms with Crippen LogP contribution in [-0.2, 0) is 32.6 Å². The number of nitrogens with one attached hydrogen (secondary N) is 1. The summed E-state index contributed by atoms with van der Waals surface area (Å²) in [4.78, 5) is 29.0. The van der Waals surface area contributed by atoms with Gasteiger partial charge in [-0.2, -0.15) is 0 Å². The number of carbonyl (C=O) groups excluding carboxylic acids is 2. The molecule has 0 aliphatic carbocycles. The first kappa shape index (κ1) is 30.3. The maximum Gasteiger partial charge on any atom is 0.244 e. The number of amides is 2.